The van der Waals surface area contributed by atoms with E-state index in [-0.39, 0.29) is 48.7 Å². The van der Waals surface area contributed by atoms with Gasteiger partial charge in [-0.2, -0.15) is 0 Å². The van der Waals surface area contributed by atoms with Gasteiger partial charge < -0.3 is 10.1 Å². The van der Waals surface area contributed by atoms with E-state index in [1.807, 2.05) is 0 Å². The van der Waals surface area contributed by atoms with Crippen molar-refractivity contribution < 1.29 is 28.7 Å². The van der Waals surface area contributed by atoms with E-state index >= 15 is 0 Å². The van der Waals surface area contributed by atoms with Crippen molar-refractivity contribution in [1.29, 1.82) is 0 Å². The smallest absolute Gasteiger partial charge is 0.266 e. The molecule has 0 saturated carbocycles. The van der Waals surface area contributed by atoms with Gasteiger partial charge in [0.25, 0.3) is 11.8 Å². The van der Waals surface area contributed by atoms with Crippen molar-refractivity contribution in [1.82, 2.24) is 20.1 Å². The maximum Gasteiger partial charge on any atom is 0.266 e. The Morgan fingerprint density at radius 3 is 2.79 bits per heavy atom. The molecule has 0 spiro atoms. The largest absolute Gasteiger partial charge is 0.493 e. The minimum Gasteiger partial charge on any atom is -0.493 e. The zero-order valence-corrected chi connectivity index (χ0v) is 22.1. The number of hydrogen-bond acceptors (Lipinski definition) is 9. The lowest BCUT2D eigenvalue weighted by Crippen LogP contribution is -2.54. The first-order valence-electron chi connectivity index (χ1n) is 12.7. The fraction of sp³-hybridized carbons (Fsp3) is 0.462. The number of carbonyl (C=O) groups is 5. The minimum absolute atomic E-state index is 0.0508. The Balaban J connectivity index is 1.15. The van der Waals surface area contributed by atoms with Crippen molar-refractivity contribution in [3.63, 3.8) is 0 Å². The van der Waals surface area contributed by atoms with Gasteiger partial charge in [0.15, 0.2) is 5.13 Å². The van der Waals surface area contributed by atoms with Crippen LogP contribution in [0.4, 0.5) is 5.13 Å². The summed E-state index contributed by atoms with van der Waals surface area (Å²) in [6.45, 7) is 6.30. The third-order valence-electron chi connectivity index (χ3n) is 6.97. The number of rotatable bonds is 8. The molecule has 1 aromatic heterocycles. The Bertz CT molecular complexity index is 1320. The number of thiazole rings is 1. The molecule has 200 valence electrons. The Hall–Kier alpha value is -3.64. The zero-order valence-electron chi connectivity index (χ0n) is 21.2. The van der Waals surface area contributed by atoms with Crippen molar-refractivity contribution in [2.24, 2.45) is 0 Å². The molecule has 12 heteroatoms. The predicted octanol–water partition coefficient (Wildman–Crippen LogP) is 2.11. The fourth-order valence-electron chi connectivity index (χ4n) is 4.91. The minimum atomic E-state index is -1.04. The highest BCUT2D eigenvalue weighted by molar-refractivity contribution is 7.15. The van der Waals surface area contributed by atoms with E-state index in [0.29, 0.717) is 17.6 Å². The average molecular weight is 540 g/mol. The second-order valence-electron chi connectivity index (χ2n) is 9.83. The number of imide groups is 2. The van der Waals surface area contributed by atoms with Crippen LogP contribution >= 0.6 is 11.3 Å². The molecule has 1 atom stereocenters. The lowest BCUT2D eigenvalue weighted by molar-refractivity contribution is -0.136. The Morgan fingerprint density at radius 2 is 2.03 bits per heavy atom. The summed E-state index contributed by atoms with van der Waals surface area (Å²) in [5.41, 5.74) is 1.29. The van der Waals surface area contributed by atoms with Crippen LogP contribution in [-0.2, 0) is 27.3 Å². The number of aromatic nitrogens is 1. The van der Waals surface area contributed by atoms with Crippen LogP contribution < -0.4 is 15.4 Å². The number of nitrogens with zero attached hydrogens (tertiary/aromatic N) is 3. The van der Waals surface area contributed by atoms with Crippen molar-refractivity contribution >= 4 is 46.0 Å². The van der Waals surface area contributed by atoms with Gasteiger partial charge in [-0.05, 0) is 38.8 Å². The first-order valence-corrected chi connectivity index (χ1v) is 13.5. The van der Waals surface area contributed by atoms with Crippen molar-refractivity contribution in [3.8, 4) is 5.75 Å². The molecule has 0 bridgehead atoms. The summed E-state index contributed by atoms with van der Waals surface area (Å²) < 4.78 is 5.80. The van der Waals surface area contributed by atoms with E-state index in [4.69, 9.17) is 4.74 Å². The van der Waals surface area contributed by atoms with Gasteiger partial charge in [0.05, 0.1) is 23.4 Å². The molecular weight excluding hydrogens is 510 g/mol. The van der Waals surface area contributed by atoms with Crippen LogP contribution in [-0.4, -0.2) is 69.6 Å². The van der Waals surface area contributed by atoms with E-state index in [9.17, 15) is 24.0 Å². The standard InChI is InChI=1S/C26H29N5O6S/c1-14(2)30-11-10-16-19(13-30)38-26(27-16)29-20(32)7-4-12-37-18-6-3-5-15-22(18)25(36)31(24(15)35)17-8-9-21(33)28-23(17)34/h3,5-6,14,17H,4,7-13H2,1-2H3,(H,27,29,32)(H,28,33,34). The number of nitrogens with one attached hydrogen (secondary N) is 2. The normalized spacial score (nSPS) is 19.4. The Kier molecular flexibility index (Phi) is 7.26. The second-order valence-corrected chi connectivity index (χ2v) is 10.9. The molecule has 2 N–H and O–H groups in total. The maximum atomic E-state index is 13.1. The van der Waals surface area contributed by atoms with Crippen molar-refractivity contribution in [2.45, 2.75) is 64.6 Å². The number of amides is 5. The number of fused-ring (bicyclic) bond motifs is 2. The Labute approximate surface area is 223 Å². The van der Waals surface area contributed by atoms with Crippen LogP contribution in [0, 0.1) is 0 Å². The number of benzene rings is 1. The van der Waals surface area contributed by atoms with Crippen LogP contribution in [0.25, 0.3) is 0 Å². The van der Waals surface area contributed by atoms with Crippen LogP contribution in [0.5, 0.6) is 5.75 Å². The van der Waals surface area contributed by atoms with Crippen LogP contribution in [0.1, 0.15) is 70.8 Å². The van der Waals surface area contributed by atoms with Crippen LogP contribution in [0.15, 0.2) is 18.2 Å². The number of anilines is 1. The maximum absolute atomic E-state index is 13.1. The number of hydrogen-bond donors (Lipinski definition) is 2. The number of piperidine rings is 1. The summed E-state index contributed by atoms with van der Waals surface area (Å²) in [7, 11) is 0. The van der Waals surface area contributed by atoms with E-state index in [0.717, 1.165) is 30.1 Å². The van der Waals surface area contributed by atoms with Gasteiger partial charge in [0, 0.05) is 43.3 Å². The third kappa shape index (κ3) is 5.05. The molecule has 3 aliphatic rings. The Morgan fingerprint density at radius 1 is 1.21 bits per heavy atom. The second kappa shape index (κ2) is 10.6. The summed E-state index contributed by atoms with van der Waals surface area (Å²) >= 11 is 1.51. The molecule has 5 amide bonds. The molecule has 0 radical (unpaired) electrons. The zero-order chi connectivity index (χ0) is 27.0. The van der Waals surface area contributed by atoms with Crippen molar-refractivity contribution in [2.75, 3.05) is 18.5 Å². The van der Waals surface area contributed by atoms with E-state index < -0.39 is 29.7 Å². The van der Waals surface area contributed by atoms with E-state index in [1.54, 1.807) is 12.1 Å². The molecule has 38 heavy (non-hydrogen) atoms. The average Bonchev–Trinajstić information content (AvgIpc) is 3.39. The predicted molar refractivity (Wildman–Crippen MR) is 138 cm³/mol. The van der Waals surface area contributed by atoms with Gasteiger partial charge >= 0.3 is 0 Å². The number of carbonyl (C=O) groups excluding carboxylic acids is 5. The lowest BCUT2D eigenvalue weighted by Gasteiger charge is -2.29. The van der Waals surface area contributed by atoms with Crippen LogP contribution in [0.3, 0.4) is 0 Å². The van der Waals surface area contributed by atoms with Crippen molar-refractivity contribution in [3.05, 3.63) is 39.9 Å². The monoisotopic (exact) mass is 539 g/mol. The molecule has 1 unspecified atom stereocenters. The first kappa shape index (κ1) is 26.0. The third-order valence-corrected chi connectivity index (χ3v) is 7.97. The van der Waals surface area contributed by atoms with Gasteiger partial charge in [0.1, 0.15) is 11.8 Å². The summed E-state index contributed by atoms with van der Waals surface area (Å²) in [5.74, 6) is -2.26. The first-order chi connectivity index (χ1) is 18.2. The summed E-state index contributed by atoms with van der Waals surface area (Å²) in [6, 6.07) is 4.11. The molecule has 1 fully saturated rings. The molecule has 2 aromatic rings. The highest BCUT2D eigenvalue weighted by atomic mass is 32.1. The summed E-state index contributed by atoms with van der Waals surface area (Å²) in [6.07, 6.45) is 1.60. The van der Waals surface area contributed by atoms with E-state index in [2.05, 4.69) is 34.4 Å². The quantitative estimate of drug-likeness (QED) is 0.384. The molecule has 5 rings (SSSR count). The highest BCUT2D eigenvalue weighted by Crippen LogP contribution is 2.34. The van der Waals surface area contributed by atoms with E-state index in [1.165, 1.54) is 22.3 Å². The summed E-state index contributed by atoms with van der Waals surface area (Å²) in [4.78, 5) is 71.3. The van der Waals surface area contributed by atoms with Crippen LogP contribution in [0.2, 0.25) is 0 Å². The van der Waals surface area contributed by atoms with Gasteiger partial charge in [-0.15, -0.1) is 11.3 Å². The fourth-order valence-corrected chi connectivity index (χ4v) is 5.96. The molecule has 11 nitrogen and oxygen atoms in total. The van der Waals surface area contributed by atoms with Gasteiger partial charge in [-0.3, -0.25) is 39.1 Å². The molecule has 4 heterocycles. The lowest BCUT2D eigenvalue weighted by atomic mass is 10.0. The topological polar surface area (TPSA) is 138 Å². The van der Waals surface area contributed by atoms with Gasteiger partial charge in [0.2, 0.25) is 17.7 Å². The molecular formula is C26H29N5O6S. The SMILES string of the molecule is CC(C)N1CCc2nc(NC(=O)CCCOc3cccc4c3C(=O)N(C3CCC(=O)NC3=O)C4=O)sc2C1. The number of ether oxygens (including phenoxy) is 1. The molecule has 1 saturated heterocycles. The highest BCUT2D eigenvalue weighted by Gasteiger charge is 2.46. The molecule has 3 aliphatic heterocycles. The van der Waals surface area contributed by atoms with Gasteiger partial charge in [-0.1, -0.05) is 6.07 Å². The molecule has 1 aromatic carbocycles. The van der Waals surface area contributed by atoms with Gasteiger partial charge in [-0.25, -0.2) is 4.98 Å². The summed E-state index contributed by atoms with van der Waals surface area (Å²) in [5, 5.41) is 5.65. The molecule has 0 aliphatic carbocycles.